The lowest BCUT2D eigenvalue weighted by atomic mass is 9.90. The zero-order valence-corrected chi connectivity index (χ0v) is 15.5. The van der Waals surface area contributed by atoms with Gasteiger partial charge in [-0.1, -0.05) is 20.8 Å². The van der Waals surface area contributed by atoms with Crippen molar-refractivity contribution in [2.24, 2.45) is 11.3 Å². The minimum atomic E-state index is -0.402. The molecule has 1 aromatic heterocycles. The van der Waals surface area contributed by atoms with E-state index in [0.29, 0.717) is 32.6 Å². The molecule has 1 aromatic rings. The molecule has 1 amide bonds. The molecule has 0 saturated heterocycles. The summed E-state index contributed by atoms with van der Waals surface area (Å²) >= 11 is 0. The van der Waals surface area contributed by atoms with Gasteiger partial charge in [0.2, 0.25) is 5.91 Å². The van der Waals surface area contributed by atoms with Crippen molar-refractivity contribution in [3.05, 3.63) is 11.6 Å². The normalized spacial score (nSPS) is 26.5. The topological polar surface area (TPSA) is 89.3 Å². The second-order valence-corrected chi connectivity index (χ2v) is 8.54. The summed E-state index contributed by atoms with van der Waals surface area (Å²) in [5, 5.41) is 21.9. The summed E-state index contributed by atoms with van der Waals surface area (Å²) in [5.41, 5.74) is 0.159. The number of aliphatic hydroxyl groups excluding tert-OH is 1. The number of carbonyl (C=O) groups is 1. The van der Waals surface area contributed by atoms with Crippen LogP contribution >= 0.6 is 0 Å². The van der Waals surface area contributed by atoms with Crippen LogP contribution in [-0.2, 0) is 22.7 Å². The number of hydrogen-bond acceptors (Lipinski definition) is 5. The molecule has 2 aliphatic rings. The Bertz CT molecular complexity index is 608. The van der Waals surface area contributed by atoms with Gasteiger partial charge in [-0.3, -0.25) is 4.79 Å². The van der Waals surface area contributed by atoms with Crippen LogP contribution in [0.1, 0.15) is 64.0 Å². The summed E-state index contributed by atoms with van der Waals surface area (Å²) < 4.78 is 7.54. The number of rotatable bonds is 5. The van der Waals surface area contributed by atoms with E-state index in [9.17, 15) is 9.90 Å². The van der Waals surface area contributed by atoms with E-state index in [1.807, 2.05) is 0 Å². The molecule has 1 saturated carbocycles. The van der Waals surface area contributed by atoms with E-state index in [4.69, 9.17) is 4.74 Å². The van der Waals surface area contributed by atoms with E-state index in [1.165, 1.54) is 0 Å². The van der Waals surface area contributed by atoms with E-state index in [2.05, 4.69) is 40.9 Å². The molecule has 25 heavy (non-hydrogen) atoms. The van der Waals surface area contributed by atoms with Gasteiger partial charge in [-0.05, 0) is 24.7 Å². The number of nitrogens with zero attached hydrogens (tertiary/aromatic N) is 3. The van der Waals surface area contributed by atoms with Crippen LogP contribution in [0.5, 0.6) is 0 Å². The Balaban J connectivity index is 1.52. The zero-order chi connectivity index (χ0) is 18.0. The molecule has 7 heteroatoms. The standard InChI is InChI=1S/C18H30N4O3/c1-18(2,3)5-4-16(24)19-10-13-8-12(9-14(13)23)17-21-20-15-11-25-7-6-22(15)17/h12-14,23H,4-11H2,1-3H3,(H,19,24)/t12-,13+,14+/m0/s1. The van der Waals surface area contributed by atoms with Gasteiger partial charge < -0.3 is 19.7 Å². The van der Waals surface area contributed by atoms with Crippen LogP contribution in [0, 0.1) is 11.3 Å². The molecule has 2 N–H and O–H groups in total. The Hall–Kier alpha value is -1.47. The molecular formula is C18H30N4O3. The third kappa shape index (κ3) is 4.58. The zero-order valence-electron chi connectivity index (χ0n) is 15.5. The van der Waals surface area contributed by atoms with Gasteiger partial charge in [-0.15, -0.1) is 10.2 Å². The first kappa shape index (κ1) is 18.3. The van der Waals surface area contributed by atoms with Gasteiger partial charge in [0, 0.05) is 31.3 Å². The largest absolute Gasteiger partial charge is 0.393 e. The highest BCUT2D eigenvalue weighted by Crippen LogP contribution is 2.38. The monoisotopic (exact) mass is 350 g/mol. The first-order valence-corrected chi connectivity index (χ1v) is 9.28. The SMILES string of the molecule is CC(C)(C)CCC(=O)NC[C@H]1C[C@H](c2nnc3n2CCOC3)C[C@H]1O. The van der Waals surface area contributed by atoms with Crippen LogP contribution < -0.4 is 5.32 Å². The minimum absolute atomic E-state index is 0.0718. The molecule has 0 unspecified atom stereocenters. The second-order valence-electron chi connectivity index (χ2n) is 8.54. The van der Waals surface area contributed by atoms with Gasteiger partial charge in [-0.2, -0.15) is 0 Å². The van der Waals surface area contributed by atoms with Gasteiger partial charge in [0.05, 0.1) is 12.7 Å². The maximum atomic E-state index is 12.0. The Morgan fingerprint density at radius 2 is 2.16 bits per heavy atom. The molecule has 2 heterocycles. The highest BCUT2D eigenvalue weighted by molar-refractivity contribution is 5.75. The molecule has 3 rings (SSSR count). The fourth-order valence-electron chi connectivity index (χ4n) is 3.68. The smallest absolute Gasteiger partial charge is 0.220 e. The third-order valence-corrected chi connectivity index (χ3v) is 5.23. The van der Waals surface area contributed by atoms with Crippen LogP contribution in [-0.4, -0.2) is 45.0 Å². The highest BCUT2D eigenvalue weighted by Gasteiger charge is 2.37. The Morgan fingerprint density at radius 3 is 2.92 bits per heavy atom. The maximum absolute atomic E-state index is 12.0. The summed E-state index contributed by atoms with van der Waals surface area (Å²) in [6.07, 6.45) is 2.51. The Labute approximate surface area is 149 Å². The molecule has 0 bridgehead atoms. The number of nitrogens with one attached hydrogen (secondary N) is 1. The number of carbonyl (C=O) groups excluding carboxylic acids is 1. The summed E-state index contributed by atoms with van der Waals surface area (Å²) in [6.45, 7) is 8.90. The minimum Gasteiger partial charge on any atom is -0.393 e. The fraction of sp³-hybridized carbons (Fsp3) is 0.833. The highest BCUT2D eigenvalue weighted by atomic mass is 16.5. The summed E-state index contributed by atoms with van der Waals surface area (Å²) in [7, 11) is 0. The van der Waals surface area contributed by atoms with Crippen LogP contribution in [0.4, 0.5) is 0 Å². The number of aromatic nitrogens is 3. The molecule has 140 valence electrons. The number of amides is 1. The van der Waals surface area contributed by atoms with Gasteiger partial charge in [0.15, 0.2) is 5.82 Å². The van der Waals surface area contributed by atoms with Gasteiger partial charge in [0.1, 0.15) is 12.4 Å². The first-order valence-electron chi connectivity index (χ1n) is 9.28. The summed E-state index contributed by atoms with van der Waals surface area (Å²) in [5.74, 6) is 2.18. The molecule has 1 aliphatic heterocycles. The molecule has 0 spiro atoms. The third-order valence-electron chi connectivity index (χ3n) is 5.23. The van der Waals surface area contributed by atoms with Crippen molar-refractivity contribution in [3.8, 4) is 0 Å². The predicted molar refractivity (Wildman–Crippen MR) is 92.8 cm³/mol. The lowest BCUT2D eigenvalue weighted by Gasteiger charge is -2.19. The first-order chi connectivity index (χ1) is 11.8. The van der Waals surface area contributed by atoms with E-state index < -0.39 is 6.10 Å². The number of ether oxygens (including phenoxy) is 1. The molecule has 0 radical (unpaired) electrons. The Kier molecular flexibility index (Phi) is 5.43. The molecule has 0 aromatic carbocycles. The average molecular weight is 350 g/mol. The predicted octanol–water partition coefficient (Wildman–Crippen LogP) is 1.61. The van der Waals surface area contributed by atoms with Crippen molar-refractivity contribution in [1.82, 2.24) is 20.1 Å². The quantitative estimate of drug-likeness (QED) is 0.842. The summed E-state index contributed by atoms with van der Waals surface area (Å²) in [4.78, 5) is 12.0. The van der Waals surface area contributed by atoms with Crippen molar-refractivity contribution in [1.29, 1.82) is 0 Å². The molecule has 1 fully saturated rings. The van der Waals surface area contributed by atoms with E-state index in [0.717, 1.165) is 31.0 Å². The number of fused-ring (bicyclic) bond motifs is 1. The van der Waals surface area contributed by atoms with E-state index in [1.54, 1.807) is 0 Å². The molecule has 3 atom stereocenters. The van der Waals surface area contributed by atoms with Gasteiger partial charge in [-0.25, -0.2) is 0 Å². The summed E-state index contributed by atoms with van der Waals surface area (Å²) in [6, 6.07) is 0. The number of aliphatic hydroxyl groups is 1. The van der Waals surface area contributed by atoms with E-state index in [-0.39, 0.29) is 23.2 Å². The van der Waals surface area contributed by atoms with Gasteiger partial charge >= 0.3 is 0 Å². The van der Waals surface area contributed by atoms with Crippen molar-refractivity contribution in [2.45, 2.75) is 71.6 Å². The number of hydrogen-bond donors (Lipinski definition) is 2. The van der Waals surface area contributed by atoms with E-state index >= 15 is 0 Å². The lowest BCUT2D eigenvalue weighted by Crippen LogP contribution is -2.32. The molecule has 1 aliphatic carbocycles. The van der Waals surface area contributed by atoms with Crippen molar-refractivity contribution in [2.75, 3.05) is 13.2 Å². The van der Waals surface area contributed by atoms with Crippen LogP contribution in [0.25, 0.3) is 0 Å². The van der Waals surface area contributed by atoms with Crippen LogP contribution in [0.2, 0.25) is 0 Å². The average Bonchev–Trinajstić information content (AvgIpc) is 3.13. The molecule has 7 nitrogen and oxygen atoms in total. The Morgan fingerprint density at radius 1 is 1.36 bits per heavy atom. The van der Waals surface area contributed by atoms with Gasteiger partial charge in [0.25, 0.3) is 0 Å². The van der Waals surface area contributed by atoms with Crippen molar-refractivity contribution >= 4 is 5.91 Å². The fourth-order valence-corrected chi connectivity index (χ4v) is 3.68. The van der Waals surface area contributed by atoms with Crippen LogP contribution in [0.3, 0.4) is 0 Å². The van der Waals surface area contributed by atoms with Crippen LogP contribution in [0.15, 0.2) is 0 Å². The van der Waals surface area contributed by atoms with Crippen molar-refractivity contribution in [3.63, 3.8) is 0 Å². The second kappa shape index (κ2) is 7.41. The lowest BCUT2D eigenvalue weighted by molar-refractivity contribution is -0.121. The van der Waals surface area contributed by atoms with Crippen molar-refractivity contribution < 1.29 is 14.6 Å². The molecular weight excluding hydrogens is 320 g/mol. The maximum Gasteiger partial charge on any atom is 0.220 e.